The molecule has 3 aromatic rings. The Balaban J connectivity index is 1.08. The quantitative estimate of drug-likeness (QED) is 0.301. The van der Waals surface area contributed by atoms with Gasteiger partial charge in [0.05, 0.1) is 0 Å². The number of carbonyl (C=O) groups excluding carboxylic acids is 1. The van der Waals surface area contributed by atoms with Gasteiger partial charge in [-0.25, -0.2) is 9.97 Å². The fourth-order valence-corrected chi connectivity index (χ4v) is 7.31. The van der Waals surface area contributed by atoms with Gasteiger partial charge >= 0.3 is 0 Å². The number of primary amides is 1. The van der Waals surface area contributed by atoms with Crippen LogP contribution in [0.15, 0.2) is 42.7 Å². The minimum atomic E-state index is -0.632. The summed E-state index contributed by atoms with van der Waals surface area (Å²) in [5.74, 6) is 0.319. The summed E-state index contributed by atoms with van der Waals surface area (Å²) in [6.45, 7) is 10.6. The van der Waals surface area contributed by atoms with Crippen molar-refractivity contribution in [2.45, 2.75) is 70.0 Å². The molecule has 0 radical (unpaired) electrons. The van der Waals surface area contributed by atoms with Gasteiger partial charge in [-0.1, -0.05) is 6.92 Å². The van der Waals surface area contributed by atoms with Gasteiger partial charge in [0.15, 0.2) is 17.3 Å². The van der Waals surface area contributed by atoms with Crippen LogP contribution in [0.4, 0.5) is 23.0 Å². The summed E-state index contributed by atoms with van der Waals surface area (Å²) in [6.07, 6.45) is 11.3. The zero-order valence-electron chi connectivity index (χ0n) is 27.0. The van der Waals surface area contributed by atoms with E-state index >= 15 is 0 Å². The fraction of sp³-hybridized carbons (Fsp3) is 0.543. The number of carbonyl (C=O) groups is 1. The maximum absolute atomic E-state index is 12.7. The molecule has 7 rings (SSSR count). The number of ether oxygens (including phenoxy) is 1. The molecular weight excluding hydrogens is 578 g/mol. The third-order valence-electron chi connectivity index (χ3n) is 10.1. The van der Waals surface area contributed by atoms with Gasteiger partial charge in [0.2, 0.25) is 0 Å². The lowest BCUT2D eigenvalue weighted by Gasteiger charge is -2.43. The molecule has 1 amide bonds. The van der Waals surface area contributed by atoms with Gasteiger partial charge in [-0.15, -0.1) is 0 Å². The first-order chi connectivity index (χ1) is 22.6. The molecule has 0 atom stereocenters. The average molecular weight is 626 g/mol. The monoisotopic (exact) mass is 625 g/mol. The van der Waals surface area contributed by atoms with Gasteiger partial charge in [0, 0.05) is 99.9 Å². The van der Waals surface area contributed by atoms with Crippen molar-refractivity contribution in [1.29, 1.82) is 0 Å². The summed E-state index contributed by atoms with van der Waals surface area (Å²) in [5.41, 5.74) is 10.8. The molecule has 244 valence electrons. The molecule has 4 N–H and O–H groups in total. The van der Waals surface area contributed by atoms with E-state index in [0.717, 1.165) is 49.6 Å². The summed E-state index contributed by atoms with van der Waals surface area (Å²) in [4.78, 5) is 34.5. The highest BCUT2D eigenvalue weighted by Crippen LogP contribution is 2.34. The van der Waals surface area contributed by atoms with Crippen molar-refractivity contribution < 1.29 is 9.53 Å². The minimum Gasteiger partial charge on any atom is -0.381 e. The van der Waals surface area contributed by atoms with Crippen LogP contribution in [0.1, 0.15) is 61.5 Å². The standard InChI is InChI=1S/C35H47N9O2/c1-2-24-23-27(3-6-30(24)44-15-9-29(10-16-44)43-19-17-42(18-20-43)28-4-5-28)39-35-32(33(36)45)40-31(25-7-13-37-14-8-25)34(41-35)38-26-11-21-46-22-12-26/h3,6-8,13-14,23,26,28-29H,2,4-5,9-12,15-22H2,1H3,(H2,36,45)(H2,38,39,41). The van der Waals surface area contributed by atoms with Crippen molar-refractivity contribution in [3.05, 3.63) is 54.0 Å². The summed E-state index contributed by atoms with van der Waals surface area (Å²) in [6, 6.07) is 11.9. The Morgan fingerprint density at radius 3 is 2.17 bits per heavy atom. The second-order valence-electron chi connectivity index (χ2n) is 13.1. The van der Waals surface area contributed by atoms with E-state index in [9.17, 15) is 4.79 Å². The van der Waals surface area contributed by atoms with Gasteiger partial charge in [0.25, 0.3) is 5.91 Å². The third kappa shape index (κ3) is 6.96. The van der Waals surface area contributed by atoms with Gasteiger partial charge < -0.3 is 26.0 Å². The van der Waals surface area contributed by atoms with E-state index in [1.54, 1.807) is 12.4 Å². The Kier molecular flexibility index (Phi) is 9.32. The molecule has 5 heterocycles. The van der Waals surface area contributed by atoms with Gasteiger partial charge in [-0.05, 0) is 80.8 Å². The van der Waals surface area contributed by atoms with Crippen LogP contribution in [0.5, 0.6) is 0 Å². The van der Waals surface area contributed by atoms with E-state index in [2.05, 4.69) is 55.4 Å². The number of anilines is 4. The van der Waals surface area contributed by atoms with Crippen molar-refractivity contribution in [2.24, 2.45) is 5.73 Å². The topological polar surface area (TPSA) is 125 Å². The number of aromatic nitrogens is 3. The SMILES string of the molecule is CCc1cc(Nc2nc(NC3CCOCC3)c(-c3ccncc3)nc2C(N)=O)ccc1N1CCC(N2CCN(C3CC3)CC2)CC1. The summed E-state index contributed by atoms with van der Waals surface area (Å²) >= 11 is 0. The van der Waals surface area contributed by atoms with E-state index < -0.39 is 5.91 Å². The van der Waals surface area contributed by atoms with Crippen LogP contribution < -0.4 is 21.3 Å². The molecule has 11 heteroatoms. The summed E-state index contributed by atoms with van der Waals surface area (Å²) in [7, 11) is 0. The number of hydrogen-bond donors (Lipinski definition) is 3. The van der Waals surface area contributed by atoms with Crippen LogP contribution >= 0.6 is 0 Å². The zero-order valence-corrected chi connectivity index (χ0v) is 27.0. The molecule has 11 nitrogen and oxygen atoms in total. The van der Waals surface area contributed by atoms with Crippen molar-refractivity contribution in [1.82, 2.24) is 24.8 Å². The van der Waals surface area contributed by atoms with Crippen LogP contribution in [0, 0.1) is 0 Å². The van der Waals surface area contributed by atoms with Crippen molar-refractivity contribution in [3.63, 3.8) is 0 Å². The number of nitrogens with one attached hydrogen (secondary N) is 2. The predicted molar refractivity (Wildman–Crippen MR) is 182 cm³/mol. The Morgan fingerprint density at radius 2 is 1.54 bits per heavy atom. The normalized spacial score (nSPS) is 20.5. The predicted octanol–water partition coefficient (Wildman–Crippen LogP) is 4.28. The largest absolute Gasteiger partial charge is 0.381 e. The summed E-state index contributed by atoms with van der Waals surface area (Å²) in [5, 5.41) is 6.97. The second kappa shape index (κ2) is 13.9. The molecule has 1 aromatic carbocycles. The van der Waals surface area contributed by atoms with E-state index in [0.29, 0.717) is 36.6 Å². The van der Waals surface area contributed by atoms with Crippen LogP contribution in [0.25, 0.3) is 11.3 Å². The lowest BCUT2D eigenvalue weighted by atomic mass is 9.99. The van der Waals surface area contributed by atoms with Crippen LogP contribution in [-0.2, 0) is 11.2 Å². The first kappa shape index (κ1) is 30.8. The van der Waals surface area contributed by atoms with E-state index in [1.807, 2.05) is 12.1 Å². The number of benzene rings is 1. The lowest BCUT2D eigenvalue weighted by molar-refractivity contribution is 0.0809. The highest BCUT2D eigenvalue weighted by Gasteiger charge is 2.34. The molecule has 1 saturated carbocycles. The molecule has 3 saturated heterocycles. The molecule has 0 bridgehead atoms. The number of piperidine rings is 1. The number of piperazine rings is 1. The highest BCUT2D eigenvalue weighted by molar-refractivity contribution is 5.97. The number of pyridine rings is 1. The molecule has 3 aliphatic heterocycles. The minimum absolute atomic E-state index is 0.103. The number of amides is 1. The molecule has 4 fully saturated rings. The number of aryl methyl sites for hydroxylation is 1. The molecule has 4 aliphatic rings. The molecule has 0 unspecified atom stereocenters. The molecule has 2 aromatic heterocycles. The Morgan fingerprint density at radius 1 is 0.870 bits per heavy atom. The smallest absolute Gasteiger partial charge is 0.271 e. The van der Waals surface area contributed by atoms with Crippen molar-refractivity contribution >= 4 is 28.9 Å². The first-order valence-corrected chi connectivity index (χ1v) is 17.1. The highest BCUT2D eigenvalue weighted by atomic mass is 16.5. The van der Waals surface area contributed by atoms with Crippen LogP contribution in [0.2, 0.25) is 0 Å². The Labute approximate surface area is 271 Å². The van der Waals surface area contributed by atoms with Gasteiger partial charge in [0.1, 0.15) is 5.69 Å². The maximum atomic E-state index is 12.7. The van der Waals surface area contributed by atoms with Gasteiger partial charge in [-0.2, -0.15) is 0 Å². The number of nitrogens with zero attached hydrogens (tertiary/aromatic N) is 6. The van der Waals surface area contributed by atoms with E-state index in [4.69, 9.17) is 20.4 Å². The van der Waals surface area contributed by atoms with Gasteiger partial charge in [-0.3, -0.25) is 19.6 Å². The average Bonchev–Trinajstić information content (AvgIpc) is 3.95. The second-order valence-corrected chi connectivity index (χ2v) is 13.1. The summed E-state index contributed by atoms with van der Waals surface area (Å²) < 4.78 is 5.56. The zero-order chi connectivity index (χ0) is 31.5. The maximum Gasteiger partial charge on any atom is 0.271 e. The van der Waals surface area contributed by atoms with E-state index in [1.165, 1.54) is 63.1 Å². The number of rotatable bonds is 10. The first-order valence-electron chi connectivity index (χ1n) is 17.1. The van der Waals surface area contributed by atoms with Crippen molar-refractivity contribution in [2.75, 3.05) is 68.0 Å². The van der Waals surface area contributed by atoms with Crippen LogP contribution in [0.3, 0.4) is 0 Å². The fourth-order valence-electron chi connectivity index (χ4n) is 7.31. The lowest BCUT2D eigenvalue weighted by Crippen LogP contribution is -2.53. The number of nitrogens with two attached hydrogens (primary N) is 1. The van der Waals surface area contributed by atoms with Crippen molar-refractivity contribution in [3.8, 4) is 11.3 Å². The van der Waals surface area contributed by atoms with Crippen LogP contribution in [-0.4, -0.2) is 101 Å². The molecule has 46 heavy (non-hydrogen) atoms. The van der Waals surface area contributed by atoms with E-state index in [-0.39, 0.29) is 11.7 Å². The Hall–Kier alpha value is -3.80. The third-order valence-corrected chi connectivity index (χ3v) is 10.1. The number of hydrogen-bond acceptors (Lipinski definition) is 10. The molecule has 0 spiro atoms. The molecular formula is C35H47N9O2. The molecule has 1 aliphatic carbocycles. The Bertz CT molecular complexity index is 1490.